The Balaban J connectivity index is 1.64. The van der Waals surface area contributed by atoms with Gasteiger partial charge in [-0.1, -0.05) is 18.2 Å². The van der Waals surface area contributed by atoms with Crippen LogP contribution in [0.3, 0.4) is 0 Å². The van der Waals surface area contributed by atoms with E-state index in [1.807, 2.05) is 50.2 Å². The number of carbonyl (C=O) groups is 1. The van der Waals surface area contributed by atoms with Gasteiger partial charge in [0.15, 0.2) is 0 Å². The van der Waals surface area contributed by atoms with Crippen molar-refractivity contribution in [2.75, 3.05) is 0 Å². The van der Waals surface area contributed by atoms with Crippen LogP contribution in [0.4, 0.5) is 0 Å². The number of aromatic nitrogens is 1. The van der Waals surface area contributed by atoms with Crippen LogP contribution in [-0.2, 0) is 6.54 Å². The van der Waals surface area contributed by atoms with Gasteiger partial charge in [0.05, 0.1) is 0 Å². The fraction of sp³-hybridized carbons (Fsp3) is 0.143. The van der Waals surface area contributed by atoms with Crippen LogP contribution in [0.2, 0.25) is 0 Å². The quantitative estimate of drug-likeness (QED) is 0.738. The molecule has 0 unspecified atom stereocenters. The van der Waals surface area contributed by atoms with Gasteiger partial charge in [-0.25, -0.2) is 0 Å². The van der Waals surface area contributed by atoms with Crippen molar-refractivity contribution < 1.29 is 9.53 Å². The first-order valence-corrected chi connectivity index (χ1v) is 8.33. The van der Waals surface area contributed by atoms with Gasteiger partial charge in [-0.05, 0) is 61.9 Å². The number of para-hydroxylation sites is 1. The zero-order valence-corrected chi connectivity index (χ0v) is 14.7. The third-order valence-electron chi connectivity index (χ3n) is 4.01. The zero-order chi connectivity index (χ0) is 18.5. The Morgan fingerprint density at radius 1 is 1.00 bits per heavy atom. The second kappa shape index (κ2) is 7.70. The van der Waals surface area contributed by atoms with Crippen molar-refractivity contribution in [1.82, 2.24) is 10.3 Å². The molecule has 2 N–H and O–H groups in total. The molecular weight excluding hydrogens is 328 g/mol. The van der Waals surface area contributed by atoms with Crippen molar-refractivity contribution in [2.45, 2.75) is 20.4 Å². The molecule has 0 saturated carbocycles. The molecule has 0 bridgehead atoms. The maximum atomic E-state index is 12.3. The molecular formula is C21H20N2O3. The monoisotopic (exact) mass is 348 g/mol. The van der Waals surface area contributed by atoms with Gasteiger partial charge < -0.3 is 15.0 Å². The Bertz CT molecular complexity index is 961. The Morgan fingerprint density at radius 2 is 1.65 bits per heavy atom. The highest BCUT2D eigenvalue weighted by Gasteiger charge is 2.09. The topological polar surface area (TPSA) is 71.2 Å². The standard InChI is InChI=1S/C21H20N2O3/c1-14-12-15(2)23-21(25)19(14)13-22-20(24)16-8-10-18(11-9-16)26-17-6-4-3-5-7-17/h3-12H,13H2,1-2H3,(H,22,24)(H,23,25). The molecule has 1 heterocycles. The lowest BCUT2D eigenvalue weighted by Gasteiger charge is -2.09. The van der Waals surface area contributed by atoms with Crippen molar-refractivity contribution in [1.29, 1.82) is 0 Å². The van der Waals surface area contributed by atoms with Crippen molar-refractivity contribution in [2.24, 2.45) is 0 Å². The van der Waals surface area contributed by atoms with E-state index in [0.29, 0.717) is 16.9 Å². The first kappa shape index (κ1) is 17.5. The second-order valence-electron chi connectivity index (χ2n) is 6.07. The maximum Gasteiger partial charge on any atom is 0.253 e. The lowest BCUT2D eigenvalue weighted by molar-refractivity contribution is 0.0950. The number of ether oxygens (including phenoxy) is 1. The summed E-state index contributed by atoms with van der Waals surface area (Å²) in [5, 5.41) is 2.79. The summed E-state index contributed by atoms with van der Waals surface area (Å²) in [5.41, 5.74) is 2.56. The minimum Gasteiger partial charge on any atom is -0.457 e. The van der Waals surface area contributed by atoms with Gasteiger partial charge >= 0.3 is 0 Å². The third kappa shape index (κ3) is 4.19. The van der Waals surface area contributed by atoms with E-state index in [1.165, 1.54) is 0 Å². The van der Waals surface area contributed by atoms with Crippen LogP contribution in [0, 0.1) is 13.8 Å². The van der Waals surface area contributed by atoms with E-state index in [9.17, 15) is 9.59 Å². The summed E-state index contributed by atoms with van der Waals surface area (Å²) in [4.78, 5) is 27.1. The largest absolute Gasteiger partial charge is 0.457 e. The van der Waals surface area contributed by atoms with Crippen molar-refractivity contribution in [3.8, 4) is 11.5 Å². The second-order valence-corrected chi connectivity index (χ2v) is 6.07. The molecule has 26 heavy (non-hydrogen) atoms. The third-order valence-corrected chi connectivity index (χ3v) is 4.01. The molecule has 5 heteroatoms. The molecule has 132 valence electrons. The SMILES string of the molecule is Cc1cc(C)c(CNC(=O)c2ccc(Oc3ccccc3)cc2)c(=O)[nH]1. The van der Waals surface area contributed by atoms with E-state index in [4.69, 9.17) is 4.74 Å². The van der Waals surface area contributed by atoms with Crippen LogP contribution in [-0.4, -0.2) is 10.9 Å². The van der Waals surface area contributed by atoms with Gasteiger partial charge in [-0.15, -0.1) is 0 Å². The Hall–Kier alpha value is -3.34. The number of nitrogens with one attached hydrogen (secondary N) is 2. The fourth-order valence-electron chi connectivity index (χ4n) is 2.67. The summed E-state index contributed by atoms with van der Waals surface area (Å²) >= 11 is 0. The molecule has 0 aliphatic rings. The smallest absolute Gasteiger partial charge is 0.253 e. The lowest BCUT2D eigenvalue weighted by atomic mass is 10.1. The Morgan fingerprint density at radius 3 is 2.31 bits per heavy atom. The van der Waals surface area contributed by atoms with Crippen LogP contribution in [0.1, 0.15) is 27.2 Å². The van der Waals surface area contributed by atoms with Crippen LogP contribution in [0.5, 0.6) is 11.5 Å². The number of hydrogen-bond donors (Lipinski definition) is 2. The molecule has 0 saturated heterocycles. The molecule has 0 aliphatic carbocycles. The highest BCUT2D eigenvalue weighted by atomic mass is 16.5. The summed E-state index contributed by atoms with van der Waals surface area (Å²) in [7, 11) is 0. The molecule has 1 amide bonds. The number of aryl methyl sites for hydroxylation is 2. The summed E-state index contributed by atoms with van der Waals surface area (Å²) in [6.45, 7) is 3.87. The highest BCUT2D eigenvalue weighted by Crippen LogP contribution is 2.21. The Labute approximate surface area is 151 Å². The highest BCUT2D eigenvalue weighted by molar-refractivity contribution is 5.94. The van der Waals surface area contributed by atoms with E-state index in [-0.39, 0.29) is 18.0 Å². The normalized spacial score (nSPS) is 10.4. The Kier molecular flexibility index (Phi) is 5.17. The minimum atomic E-state index is -0.240. The number of pyridine rings is 1. The first-order chi connectivity index (χ1) is 12.5. The summed E-state index contributed by atoms with van der Waals surface area (Å²) in [6, 6.07) is 18.2. The molecule has 0 fully saturated rings. The van der Waals surface area contributed by atoms with Gasteiger partial charge in [0.1, 0.15) is 11.5 Å². The molecule has 2 aromatic carbocycles. The van der Waals surface area contributed by atoms with E-state index in [1.54, 1.807) is 24.3 Å². The fourth-order valence-corrected chi connectivity index (χ4v) is 2.67. The number of H-pyrrole nitrogens is 1. The van der Waals surface area contributed by atoms with Gasteiger partial charge in [0.2, 0.25) is 0 Å². The molecule has 1 aromatic heterocycles. The molecule has 0 atom stereocenters. The van der Waals surface area contributed by atoms with E-state index >= 15 is 0 Å². The molecule has 3 rings (SSSR count). The minimum absolute atomic E-state index is 0.172. The summed E-state index contributed by atoms with van der Waals surface area (Å²) in [6.07, 6.45) is 0. The molecule has 0 spiro atoms. The van der Waals surface area contributed by atoms with Crippen molar-refractivity contribution in [3.05, 3.63) is 93.4 Å². The van der Waals surface area contributed by atoms with E-state index in [2.05, 4.69) is 10.3 Å². The van der Waals surface area contributed by atoms with Crippen LogP contribution >= 0.6 is 0 Å². The van der Waals surface area contributed by atoms with Crippen molar-refractivity contribution in [3.63, 3.8) is 0 Å². The maximum absolute atomic E-state index is 12.3. The summed E-state index contributed by atoms with van der Waals surface area (Å²) in [5.74, 6) is 1.15. The predicted octanol–water partition coefficient (Wildman–Crippen LogP) is 3.71. The van der Waals surface area contributed by atoms with Gasteiger partial charge in [0.25, 0.3) is 11.5 Å². The summed E-state index contributed by atoms with van der Waals surface area (Å²) < 4.78 is 5.71. The first-order valence-electron chi connectivity index (χ1n) is 8.33. The van der Waals surface area contributed by atoms with Crippen LogP contribution in [0.15, 0.2) is 65.5 Å². The molecule has 5 nitrogen and oxygen atoms in total. The van der Waals surface area contributed by atoms with Crippen LogP contribution in [0.25, 0.3) is 0 Å². The van der Waals surface area contributed by atoms with Gasteiger partial charge in [-0.3, -0.25) is 9.59 Å². The number of aromatic amines is 1. The molecule has 0 aliphatic heterocycles. The number of carbonyl (C=O) groups excluding carboxylic acids is 1. The zero-order valence-electron chi connectivity index (χ0n) is 14.7. The number of benzene rings is 2. The predicted molar refractivity (Wildman–Crippen MR) is 101 cm³/mol. The van der Waals surface area contributed by atoms with Gasteiger partial charge in [-0.2, -0.15) is 0 Å². The molecule has 0 radical (unpaired) electrons. The van der Waals surface area contributed by atoms with Crippen molar-refractivity contribution >= 4 is 5.91 Å². The number of hydrogen-bond acceptors (Lipinski definition) is 3. The number of amides is 1. The molecule has 3 aromatic rings. The lowest BCUT2D eigenvalue weighted by Crippen LogP contribution is -2.27. The average Bonchev–Trinajstić information content (AvgIpc) is 2.62. The van der Waals surface area contributed by atoms with Crippen LogP contribution < -0.4 is 15.6 Å². The average molecular weight is 348 g/mol. The van der Waals surface area contributed by atoms with E-state index < -0.39 is 0 Å². The van der Waals surface area contributed by atoms with Gasteiger partial charge in [0, 0.05) is 23.4 Å². The number of rotatable bonds is 5. The van der Waals surface area contributed by atoms with E-state index in [0.717, 1.165) is 17.0 Å².